The molecule has 0 saturated heterocycles. The monoisotopic (exact) mass is 334 g/mol. The van der Waals surface area contributed by atoms with Gasteiger partial charge in [0.2, 0.25) is 0 Å². The van der Waals surface area contributed by atoms with Crippen LogP contribution in [0.15, 0.2) is 48.5 Å². The fourth-order valence-electron chi connectivity index (χ4n) is 2.52. The van der Waals surface area contributed by atoms with E-state index in [0.717, 1.165) is 11.3 Å². The number of hydrogen-bond acceptors (Lipinski definition) is 3. The van der Waals surface area contributed by atoms with E-state index in [0.29, 0.717) is 17.1 Å². The highest BCUT2D eigenvalue weighted by molar-refractivity contribution is 7.52. The van der Waals surface area contributed by atoms with E-state index in [4.69, 9.17) is 16.1 Å². The molecule has 0 aromatic heterocycles. The van der Waals surface area contributed by atoms with Crippen LogP contribution in [-0.4, -0.2) is 24.7 Å². The number of amides is 1. The van der Waals surface area contributed by atoms with Gasteiger partial charge in [0, 0.05) is 19.2 Å². The van der Waals surface area contributed by atoms with Crippen molar-refractivity contribution >= 4 is 31.6 Å². The second-order valence-corrected chi connectivity index (χ2v) is 7.36. The van der Waals surface area contributed by atoms with Crippen LogP contribution in [0.2, 0.25) is 5.02 Å². The zero-order chi connectivity index (χ0) is 15.7. The van der Waals surface area contributed by atoms with Gasteiger partial charge in [-0.1, -0.05) is 35.9 Å². The smallest absolute Gasteiger partial charge is 0.262 e. The summed E-state index contributed by atoms with van der Waals surface area (Å²) >= 11 is 5.92. The molecule has 0 spiro atoms. The SMILES string of the molecule is COP1N(Cc2ccc(Cl)cc2)C(=O)c2ccccc2N1C. The first-order chi connectivity index (χ1) is 10.6. The normalized spacial score (nSPS) is 17.6. The summed E-state index contributed by atoms with van der Waals surface area (Å²) in [6, 6.07) is 15.1. The zero-order valence-electron chi connectivity index (χ0n) is 12.4. The van der Waals surface area contributed by atoms with Crippen molar-refractivity contribution < 1.29 is 9.32 Å². The van der Waals surface area contributed by atoms with Crippen LogP contribution in [0, 0.1) is 0 Å². The van der Waals surface area contributed by atoms with Crippen LogP contribution in [0.5, 0.6) is 0 Å². The lowest BCUT2D eigenvalue weighted by molar-refractivity contribution is 0.0843. The molecule has 1 unspecified atom stereocenters. The molecule has 6 heteroatoms. The molecule has 0 radical (unpaired) electrons. The second kappa shape index (κ2) is 6.25. The van der Waals surface area contributed by atoms with E-state index in [-0.39, 0.29) is 5.91 Å². The molecular weight excluding hydrogens is 319 g/mol. The van der Waals surface area contributed by atoms with Gasteiger partial charge < -0.3 is 9.19 Å². The molecule has 0 saturated carbocycles. The molecule has 2 aromatic rings. The fraction of sp³-hybridized carbons (Fsp3) is 0.188. The first kappa shape index (κ1) is 15.3. The van der Waals surface area contributed by atoms with Crippen molar-refractivity contribution in [3.05, 3.63) is 64.7 Å². The number of benzene rings is 2. The van der Waals surface area contributed by atoms with Crippen LogP contribution in [0.3, 0.4) is 0 Å². The third kappa shape index (κ3) is 2.70. The standard InChI is InChI=1S/C16H16ClN2O2P/c1-18-15-6-4-3-5-14(15)16(20)19(22(18)21-2)11-12-7-9-13(17)10-8-12/h3-10H,11H2,1-2H3. The lowest BCUT2D eigenvalue weighted by Crippen LogP contribution is -2.37. The third-order valence-corrected chi connectivity index (χ3v) is 5.63. The van der Waals surface area contributed by atoms with E-state index in [1.54, 1.807) is 11.8 Å². The summed E-state index contributed by atoms with van der Waals surface area (Å²) in [6.07, 6.45) is 0. The van der Waals surface area contributed by atoms with Gasteiger partial charge in [-0.25, -0.2) is 0 Å². The van der Waals surface area contributed by atoms with Crippen molar-refractivity contribution in [2.24, 2.45) is 0 Å². The number of para-hydroxylation sites is 1. The summed E-state index contributed by atoms with van der Waals surface area (Å²) in [5.41, 5.74) is 2.64. The van der Waals surface area contributed by atoms with Gasteiger partial charge in [-0.15, -0.1) is 0 Å². The average molecular weight is 335 g/mol. The minimum atomic E-state index is -1.17. The van der Waals surface area contributed by atoms with Gasteiger partial charge in [-0.2, -0.15) is 0 Å². The van der Waals surface area contributed by atoms with Crippen LogP contribution in [-0.2, 0) is 11.1 Å². The average Bonchev–Trinajstić information content (AvgIpc) is 2.55. The predicted molar refractivity (Wildman–Crippen MR) is 90.1 cm³/mol. The Balaban J connectivity index is 1.96. The van der Waals surface area contributed by atoms with Gasteiger partial charge >= 0.3 is 0 Å². The first-order valence-corrected chi connectivity index (χ1v) is 8.39. The van der Waals surface area contributed by atoms with Gasteiger partial charge in [0.25, 0.3) is 14.4 Å². The molecule has 0 bridgehead atoms. The predicted octanol–water partition coefficient (Wildman–Crippen LogP) is 4.31. The number of rotatable bonds is 3. The highest BCUT2D eigenvalue weighted by Crippen LogP contribution is 2.52. The zero-order valence-corrected chi connectivity index (χ0v) is 14.0. The number of nitrogens with zero attached hydrogens (tertiary/aromatic N) is 2. The lowest BCUT2D eigenvalue weighted by Gasteiger charge is -2.41. The van der Waals surface area contributed by atoms with Crippen molar-refractivity contribution in [1.29, 1.82) is 0 Å². The van der Waals surface area contributed by atoms with Crippen LogP contribution < -0.4 is 4.67 Å². The topological polar surface area (TPSA) is 32.8 Å². The van der Waals surface area contributed by atoms with Gasteiger partial charge in [0.05, 0.1) is 17.8 Å². The van der Waals surface area contributed by atoms with Crippen molar-refractivity contribution in [2.75, 3.05) is 18.8 Å². The van der Waals surface area contributed by atoms with Crippen molar-refractivity contribution in [3.8, 4) is 0 Å². The minimum absolute atomic E-state index is 0.00314. The van der Waals surface area contributed by atoms with Gasteiger partial charge in [-0.3, -0.25) is 9.46 Å². The van der Waals surface area contributed by atoms with E-state index >= 15 is 0 Å². The Hall–Kier alpha value is -1.61. The fourth-order valence-corrected chi connectivity index (χ4v) is 4.32. The maximum atomic E-state index is 12.8. The van der Waals surface area contributed by atoms with Crippen LogP contribution in [0.4, 0.5) is 5.69 Å². The molecule has 1 aliphatic heterocycles. The lowest BCUT2D eigenvalue weighted by atomic mass is 10.1. The Labute approximate surface area is 136 Å². The highest BCUT2D eigenvalue weighted by atomic mass is 35.5. The summed E-state index contributed by atoms with van der Waals surface area (Å²) in [5.74, 6) is -0.00314. The van der Waals surface area contributed by atoms with Crippen molar-refractivity contribution in [2.45, 2.75) is 6.54 Å². The van der Waals surface area contributed by atoms with Crippen molar-refractivity contribution in [1.82, 2.24) is 4.67 Å². The molecule has 4 nitrogen and oxygen atoms in total. The summed E-state index contributed by atoms with van der Waals surface area (Å²) in [7, 11) is 2.42. The number of carbonyl (C=O) groups is 1. The number of halogens is 1. The van der Waals surface area contributed by atoms with Gasteiger partial charge in [-0.05, 0) is 29.8 Å². The van der Waals surface area contributed by atoms with E-state index in [1.807, 2.05) is 60.2 Å². The summed E-state index contributed by atoms with van der Waals surface area (Å²) in [4.78, 5) is 12.8. The molecule has 2 aromatic carbocycles. The Morgan fingerprint density at radius 3 is 2.50 bits per heavy atom. The molecule has 0 aliphatic carbocycles. The number of hydrogen-bond donors (Lipinski definition) is 0. The van der Waals surface area contributed by atoms with E-state index in [9.17, 15) is 4.79 Å². The molecule has 0 fully saturated rings. The molecule has 0 N–H and O–H groups in total. The Bertz CT molecular complexity index is 693. The summed E-state index contributed by atoms with van der Waals surface area (Å²) in [5, 5.41) is 0.685. The van der Waals surface area contributed by atoms with Gasteiger partial charge in [0.1, 0.15) is 0 Å². The Morgan fingerprint density at radius 1 is 1.14 bits per heavy atom. The van der Waals surface area contributed by atoms with Crippen LogP contribution >= 0.6 is 20.1 Å². The van der Waals surface area contributed by atoms with Crippen LogP contribution in [0.1, 0.15) is 15.9 Å². The number of carbonyl (C=O) groups excluding carboxylic acids is 1. The molecular formula is C16H16ClN2O2P. The first-order valence-electron chi connectivity index (χ1n) is 6.85. The molecule has 3 rings (SSSR count). The molecule has 1 atom stereocenters. The van der Waals surface area contributed by atoms with Crippen molar-refractivity contribution in [3.63, 3.8) is 0 Å². The quantitative estimate of drug-likeness (QED) is 0.784. The molecule has 114 valence electrons. The molecule has 1 aliphatic rings. The maximum absolute atomic E-state index is 12.8. The largest absolute Gasteiger partial charge is 0.326 e. The summed E-state index contributed by atoms with van der Waals surface area (Å²) < 4.78 is 9.42. The highest BCUT2D eigenvalue weighted by Gasteiger charge is 2.36. The van der Waals surface area contributed by atoms with Gasteiger partial charge in [0.15, 0.2) is 0 Å². The third-order valence-electron chi connectivity index (χ3n) is 3.59. The Morgan fingerprint density at radius 2 is 1.82 bits per heavy atom. The molecule has 1 heterocycles. The summed E-state index contributed by atoms with van der Waals surface area (Å²) in [6.45, 7) is 0.494. The number of fused-ring (bicyclic) bond motifs is 1. The maximum Gasteiger partial charge on any atom is 0.262 e. The van der Waals surface area contributed by atoms with E-state index in [1.165, 1.54) is 0 Å². The Kier molecular flexibility index (Phi) is 4.34. The van der Waals surface area contributed by atoms with Crippen LogP contribution in [0.25, 0.3) is 0 Å². The minimum Gasteiger partial charge on any atom is -0.326 e. The second-order valence-electron chi connectivity index (χ2n) is 4.97. The molecule has 1 amide bonds. The number of anilines is 1. The molecule has 22 heavy (non-hydrogen) atoms. The van der Waals surface area contributed by atoms with E-state index in [2.05, 4.69) is 0 Å². The van der Waals surface area contributed by atoms with E-state index < -0.39 is 8.45 Å².